The summed E-state index contributed by atoms with van der Waals surface area (Å²) in [7, 11) is 0. The number of hydrogen-bond donors (Lipinski definition) is 1. The maximum absolute atomic E-state index is 13.1. The maximum atomic E-state index is 13.1. The van der Waals surface area contributed by atoms with Gasteiger partial charge in [0.05, 0.1) is 13.0 Å². The summed E-state index contributed by atoms with van der Waals surface area (Å²) in [6.45, 7) is 5.72. The Labute approximate surface area is 187 Å². The van der Waals surface area contributed by atoms with Gasteiger partial charge in [-0.05, 0) is 49.6 Å². The van der Waals surface area contributed by atoms with Crippen LogP contribution in [-0.2, 0) is 21.6 Å². The first-order chi connectivity index (χ1) is 15.0. The highest BCUT2D eigenvalue weighted by atomic mass is 32.2. The number of aryl methyl sites for hydroxylation is 1. The first-order valence-corrected chi connectivity index (χ1v) is 11.5. The Kier molecular flexibility index (Phi) is 6.37. The highest BCUT2D eigenvalue weighted by Gasteiger charge is 2.44. The summed E-state index contributed by atoms with van der Waals surface area (Å²) < 4.78 is 6.12. The van der Waals surface area contributed by atoms with E-state index in [0.717, 1.165) is 23.7 Å². The molecule has 5 nitrogen and oxygen atoms in total. The monoisotopic (exact) mass is 436 g/mol. The fraction of sp³-hybridized carbons (Fsp3) is 0.360. The molecule has 1 unspecified atom stereocenters. The number of carbonyl (C=O) groups excluding carboxylic acids is 1. The van der Waals surface area contributed by atoms with Crippen molar-refractivity contribution in [3.63, 3.8) is 0 Å². The van der Waals surface area contributed by atoms with E-state index in [9.17, 15) is 9.90 Å². The van der Waals surface area contributed by atoms with Crippen molar-refractivity contribution in [3.8, 4) is 0 Å². The summed E-state index contributed by atoms with van der Waals surface area (Å²) in [5.74, 6) is -0.402. The molecule has 2 aliphatic heterocycles. The van der Waals surface area contributed by atoms with Crippen LogP contribution in [-0.4, -0.2) is 40.3 Å². The molecule has 2 heterocycles. The van der Waals surface area contributed by atoms with E-state index in [1.165, 1.54) is 17.3 Å². The molecule has 0 radical (unpaired) electrons. The van der Waals surface area contributed by atoms with Crippen LogP contribution in [0, 0.1) is 0 Å². The number of amidine groups is 1. The van der Waals surface area contributed by atoms with Crippen molar-refractivity contribution in [2.45, 2.75) is 44.8 Å². The van der Waals surface area contributed by atoms with E-state index in [1.807, 2.05) is 48.5 Å². The van der Waals surface area contributed by atoms with Crippen LogP contribution < -0.4 is 0 Å². The molecule has 0 saturated carbocycles. The lowest BCUT2D eigenvalue weighted by Crippen LogP contribution is -2.39. The van der Waals surface area contributed by atoms with Gasteiger partial charge in [0.25, 0.3) is 0 Å². The third-order valence-electron chi connectivity index (χ3n) is 5.80. The van der Waals surface area contributed by atoms with Crippen molar-refractivity contribution >= 4 is 22.9 Å². The van der Waals surface area contributed by atoms with Gasteiger partial charge in [0, 0.05) is 12.6 Å². The van der Waals surface area contributed by atoms with E-state index in [-0.39, 0.29) is 23.1 Å². The Morgan fingerprint density at radius 1 is 1.13 bits per heavy atom. The summed E-state index contributed by atoms with van der Waals surface area (Å²) in [5.41, 5.74) is 1.18. The SMILES string of the molecule is CC(C)N1CCN=C1SC1=C(O)CC(CCc2ccccc2)(c2ccccc2)OC1=O. The summed E-state index contributed by atoms with van der Waals surface area (Å²) in [6.07, 6.45) is 1.59. The lowest BCUT2D eigenvalue weighted by molar-refractivity contribution is -0.160. The van der Waals surface area contributed by atoms with Crippen molar-refractivity contribution in [2.75, 3.05) is 13.1 Å². The van der Waals surface area contributed by atoms with Crippen LogP contribution in [0.25, 0.3) is 0 Å². The Bertz CT molecular complexity index is 988. The third-order valence-corrected chi connectivity index (χ3v) is 6.95. The molecule has 0 aromatic heterocycles. The van der Waals surface area contributed by atoms with Crippen molar-refractivity contribution < 1.29 is 14.6 Å². The van der Waals surface area contributed by atoms with Gasteiger partial charge in [0.2, 0.25) is 0 Å². The minimum absolute atomic E-state index is 0.0801. The molecule has 0 spiro atoms. The number of carbonyl (C=O) groups is 1. The molecule has 31 heavy (non-hydrogen) atoms. The zero-order valence-electron chi connectivity index (χ0n) is 18.0. The molecule has 0 fully saturated rings. The quantitative estimate of drug-likeness (QED) is 0.643. The topological polar surface area (TPSA) is 62.1 Å². The largest absolute Gasteiger partial charge is 0.511 e. The van der Waals surface area contributed by atoms with Crippen molar-refractivity contribution in [1.29, 1.82) is 0 Å². The highest BCUT2D eigenvalue weighted by Crippen LogP contribution is 2.44. The van der Waals surface area contributed by atoms with Crippen LogP contribution in [0.5, 0.6) is 0 Å². The molecule has 0 amide bonds. The van der Waals surface area contributed by atoms with E-state index in [1.54, 1.807) is 0 Å². The number of benzene rings is 2. The molecule has 1 atom stereocenters. The van der Waals surface area contributed by atoms with Crippen LogP contribution in [0.4, 0.5) is 0 Å². The molecule has 2 aromatic rings. The highest BCUT2D eigenvalue weighted by molar-refractivity contribution is 8.17. The van der Waals surface area contributed by atoms with E-state index in [4.69, 9.17) is 4.74 Å². The fourth-order valence-electron chi connectivity index (χ4n) is 4.11. The second kappa shape index (κ2) is 9.18. The number of hydrogen-bond acceptors (Lipinski definition) is 6. The van der Waals surface area contributed by atoms with Gasteiger partial charge in [-0.25, -0.2) is 4.79 Å². The molecule has 0 aliphatic carbocycles. The number of aliphatic hydroxyl groups excluding tert-OH is 1. The van der Waals surface area contributed by atoms with E-state index in [0.29, 0.717) is 13.0 Å². The Morgan fingerprint density at radius 3 is 2.45 bits per heavy atom. The van der Waals surface area contributed by atoms with Crippen LogP contribution in [0.1, 0.15) is 37.8 Å². The molecular formula is C25H28N2O3S. The van der Waals surface area contributed by atoms with E-state index < -0.39 is 11.6 Å². The van der Waals surface area contributed by atoms with Crippen LogP contribution in [0.2, 0.25) is 0 Å². The molecule has 0 saturated heterocycles. The number of aliphatic imine (C=N–C) groups is 1. The normalized spacial score (nSPS) is 21.5. The Balaban J connectivity index is 1.61. The van der Waals surface area contributed by atoms with Crippen LogP contribution in [0.15, 0.2) is 76.3 Å². The molecule has 2 aliphatic rings. The average molecular weight is 437 g/mol. The molecule has 1 N–H and O–H groups in total. The van der Waals surface area contributed by atoms with Crippen molar-refractivity contribution in [3.05, 3.63) is 82.5 Å². The molecule has 162 valence electrons. The van der Waals surface area contributed by atoms with Gasteiger partial charge in [0.15, 0.2) is 5.17 Å². The Hall–Kier alpha value is -2.73. The van der Waals surface area contributed by atoms with Gasteiger partial charge in [-0.3, -0.25) is 4.99 Å². The zero-order chi connectivity index (χ0) is 21.8. The van der Waals surface area contributed by atoms with Gasteiger partial charge in [-0.1, -0.05) is 60.7 Å². The number of thioether (sulfide) groups is 1. The lowest BCUT2D eigenvalue weighted by Gasteiger charge is -2.38. The summed E-state index contributed by atoms with van der Waals surface area (Å²) >= 11 is 1.22. The van der Waals surface area contributed by atoms with Gasteiger partial charge >= 0.3 is 5.97 Å². The zero-order valence-corrected chi connectivity index (χ0v) is 18.8. The molecule has 2 aromatic carbocycles. The summed E-state index contributed by atoms with van der Waals surface area (Å²) in [5, 5.41) is 11.8. The molecular weight excluding hydrogens is 408 g/mol. The number of cyclic esters (lactones) is 1. The van der Waals surface area contributed by atoms with Gasteiger partial charge < -0.3 is 14.7 Å². The first kappa shape index (κ1) is 21.5. The number of esters is 1. The summed E-state index contributed by atoms with van der Waals surface area (Å²) in [4.78, 5) is 20.1. The second-order valence-electron chi connectivity index (χ2n) is 8.24. The van der Waals surface area contributed by atoms with Crippen molar-refractivity contribution in [2.24, 2.45) is 4.99 Å². The standard InChI is InChI=1S/C25H28N2O3S/c1-18(2)27-16-15-26-24(27)31-22-21(28)17-25(30-23(22)29,20-11-7-4-8-12-20)14-13-19-9-5-3-6-10-19/h3-12,18,28H,13-17H2,1-2H3. The van der Waals surface area contributed by atoms with Crippen molar-refractivity contribution in [1.82, 2.24) is 4.90 Å². The van der Waals surface area contributed by atoms with Crippen LogP contribution >= 0.6 is 11.8 Å². The number of nitrogens with zero attached hydrogens (tertiary/aromatic N) is 2. The smallest absolute Gasteiger partial charge is 0.349 e. The summed E-state index contributed by atoms with van der Waals surface area (Å²) in [6, 6.07) is 20.2. The molecule has 0 bridgehead atoms. The van der Waals surface area contributed by atoms with Gasteiger partial charge in [0.1, 0.15) is 16.3 Å². The minimum atomic E-state index is -0.891. The predicted octanol–water partition coefficient (Wildman–Crippen LogP) is 5.04. The van der Waals surface area contributed by atoms with E-state index >= 15 is 0 Å². The fourth-order valence-corrected chi connectivity index (χ4v) is 5.18. The second-order valence-corrected chi connectivity index (χ2v) is 9.22. The number of aliphatic hydroxyl groups is 1. The maximum Gasteiger partial charge on any atom is 0.349 e. The van der Waals surface area contributed by atoms with Gasteiger partial charge in [-0.15, -0.1) is 0 Å². The third kappa shape index (κ3) is 4.64. The molecule has 4 rings (SSSR count). The number of rotatable bonds is 6. The minimum Gasteiger partial charge on any atom is -0.511 e. The first-order valence-electron chi connectivity index (χ1n) is 10.7. The molecule has 6 heteroatoms. The van der Waals surface area contributed by atoms with Gasteiger partial charge in [-0.2, -0.15) is 0 Å². The predicted molar refractivity (Wildman–Crippen MR) is 125 cm³/mol. The Morgan fingerprint density at radius 2 is 1.81 bits per heavy atom. The lowest BCUT2D eigenvalue weighted by atomic mass is 9.82. The number of ether oxygens (including phenoxy) is 1. The average Bonchev–Trinajstić information content (AvgIpc) is 3.25. The van der Waals surface area contributed by atoms with Crippen LogP contribution in [0.3, 0.4) is 0 Å². The van der Waals surface area contributed by atoms with E-state index in [2.05, 4.69) is 35.9 Å².